The lowest BCUT2D eigenvalue weighted by atomic mass is 9.93. The number of methoxy groups -OCH3 is 1. The molecular formula is C17H26N2O. The van der Waals surface area contributed by atoms with Crippen molar-refractivity contribution in [2.45, 2.75) is 50.1 Å². The van der Waals surface area contributed by atoms with E-state index in [1.807, 2.05) is 6.07 Å². The number of benzene rings is 1. The van der Waals surface area contributed by atoms with Crippen molar-refractivity contribution in [2.24, 2.45) is 0 Å². The van der Waals surface area contributed by atoms with E-state index in [0.29, 0.717) is 5.54 Å². The van der Waals surface area contributed by atoms with Crippen LogP contribution in [0, 0.1) is 0 Å². The van der Waals surface area contributed by atoms with Gasteiger partial charge >= 0.3 is 0 Å². The van der Waals surface area contributed by atoms with E-state index < -0.39 is 0 Å². The molecule has 1 aromatic carbocycles. The fourth-order valence-electron chi connectivity index (χ4n) is 3.90. The van der Waals surface area contributed by atoms with Gasteiger partial charge in [-0.25, -0.2) is 0 Å². The quantitative estimate of drug-likeness (QED) is 0.782. The molecule has 0 bridgehead atoms. The van der Waals surface area contributed by atoms with Gasteiger partial charge < -0.3 is 15.4 Å². The summed E-state index contributed by atoms with van der Waals surface area (Å²) in [7, 11) is 1.73. The van der Waals surface area contributed by atoms with Crippen LogP contribution in [0.25, 0.3) is 0 Å². The van der Waals surface area contributed by atoms with Gasteiger partial charge in [-0.05, 0) is 69.3 Å². The number of nitrogens with one attached hydrogen (secondary N) is 2. The molecule has 1 heterocycles. The van der Waals surface area contributed by atoms with Crippen LogP contribution in [0.4, 0.5) is 0 Å². The first-order valence-electron chi connectivity index (χ1n) is 7.94. The number of hydrogen-bond donors (Lipinski definition) is 2. The summed E-state index contributed by atoms with van der Waals surface area (Å²) in [5.41, 5.74) is 1.78. The van der Waals surface area contributed by atoms with Crippen molar-refractivity contribution < 1.29 is 4.74 Å². The van der Waals surface area contributed by atoms with E-state index in [1.54, 1.807) is 7.11 Å². The van der Waals surface area contributed by atoms with E-state index in [4.69, 9.17) is 4.74 Å². The van der Waals surface area contributed by atoms with Crippen LogP contribution in [-0.4, -0.2) is 31.8 Å². The monoisotopic (exact) mass is 274 g/mol. The highest BCUT2D eigenvalue weighted by molar-refractivity contribution is 5.28. The standard InChI is InChI=1S/C17H26N2O/c1-20-15-7-2-5-14(13-15)6-4-11-19-17-9-3-8-16(17)18-12-10-17/h2,5,7,13,16,18-19H,3-4,6,8-12H2,1H3. The maximum atomic E-state index is 5.27. The largest absolute Gasteiger partial charge is 0.497 e. The van der Waals surface area contributed by atoms with Crippen molar-refractivity contribution in [1.29, 1.82) is 0 Å². The Morgan fingerprint density at radius 3 is 3.25 bits per heavy atom. The second-order valence-electron chi connectivity index (χ2n) is 6.19. The van der Waals surface area contributed by atoms with Gasteiger partial charge in [0.1, 0.15) is 5.75 Å². The predicted molar refractivity (Wildman–Crippen MR) is 82.3 cm³/mol. The molecule has 1 aromatic rings. The Labute approximate surface area is 122 Å². The van der Waals surface area contributed by atoms with Gasteiger partial charge in [-0.1, -0.05) is 12.1 Å². The molecule has 110 valence electrons. The molecule has 3 heteroatoms. The van der Waals surface area contributed by atoms with E-state index in [2.05, 4.69) is 28.8 Å². The van der Waals surface area contributed by atoms with Crippen LogP contribution < -0.4 is 15.4 Å². The van der Waals surface area contributed by atoms with Gasteiger partial charge in [-0.3, -0.25) is 0 Å². The predicted octanol–water partition coefficient (Wildman–Crippen LogP) is 2.50. The SMILES string of the molecule is COc1cccc(CCCNC23CCCC2NCC3)c1. The lowest BCUT2D eigenvalue weighted by Gasteiger charge is -2.30. The lowest BCUT2D eigenvalue weighted by Crippen LogP contribution is -2.50. The van der Waals surface area contributed by atoms with Gasteiger partial charge in [0.05, 0.1) is 7.11 Å². The van der Waals surface area contributed by atoms with Crippen LogP contribution in [0.1, 0.15) is 37.7 Å². The second kappa shape index (κ2) is 6.15. The smallest absolute Gasteiger partial charge is 0.119 e. The van der Waals surface area contributed by atoms with Gasteiger partial charge in [-0.15, -0.1) is 0 Å². The molecule has 1 aliphatic heterocycles. The van der Waals surface area contributed by atoms with Crippen molar-refractivity contribution in [3.8, 4) is 5.75 Å². The molecule has 1 saturated carbocycles. The first-order valence-corrected chi connectivity index (χ1v) is 7.94. The zero-order valence-electron chi connectivity index (χ0n) is 12.5. The summed E-state index contributed by atoms with van der Waals surface area (Å²) in [6.07, 6.45) is 7.70. The summed E-state index contributed by atoms with van der Waals surface area (Å²) in [4.78, 5) is 0. The molecule has 0 spiro atoms. The molecule has 2 N–H and O–H groups in total. The Hall–Kier alpha value is -1.06. The minimum absolute atomic E-state index is 0.411. The van der Waals surface area contributed by atoms with Gasteiger partial charge in [0.25, 0.3) is 0 Å². The molecule has 1 aliphatic carbocycles. The zero-order chi connectivity index (χ0) is 13.8. The van der Waals surface area contributed by atoms with Gasteiger partial charge in [-0.2, -0.15) is 0 Å². The van der Waals surface area contributed by atoms with Crippen molar-refractivity contribution in [2.75, 3.05) is 20.2 Å². The number of ether oxygens (including phenoxy) is 1. The van der Waals surface area contributed by atoms with Crippen molar-refractivity contribution >= 4 is 0 Å². The highest BCUT2D eigenvalue weighted by Gasteiger charge is 2.45. The van der Waals surface area contributed by atoms with Crippen LogP contribution in [0.3, 0.4) is 0 Å². The van der Waals surface area contributed by atoms with E-state index in [0.717, 1.165) is 24.8 Å². The number of rotatable bonds is 6. The summed E-state index contributed by atoms with van der Waals surface area (Å²) >= 11 is 0. The minimum Gasteiger partial charge on any atom is -0.497 e. The molecule has 2 aliphatic rings. The normalized spacial score (nSPS) is 28.6. The van der Waals surface area contributed by atoms with E-state index in [-0.39, 0.29) is 0 Å². The number of hydrogen-bond acceptors (Lipinski definition) is 3. The van der Waals surface area contributed by atoms with Crippen molar-refractivity contribution in [1.82, 2.24) is 10.6 Å². The maximum Gasteiger partial charge on any atom is 0.119 e. The Morgan fingerprint density at radius 1 is 1.40 bits per heavy atom. The molecule has 2 unspecified atom stereocenters. The molecule has 0 amide bonds. The maximum absolute atomic E-state index is 5.27. The van der Waals surface area contributed by atoms with Crippen LogP contribution >= 0.6 is 0 Å². The average Bonchev–Trinajstić information content (AvgIpc) is 3.03. The number of fused-ring (bicyclic) bond motifs is 1. The second-order valence-corrected chi connectivity index (χ2v) is 6.19. The average molecular weight is 274 g/mol. The minimum atomic E-state index is 0.411. The van der Waals surface area contributed by atoms with E-state index in [9.17, 15) is 0 Å². The Morgan fingerprint density at radius 2 is 2.35 bits per heavy atom. The molecule has 3 nitrogen and oxygen atoms in total. The fourth-order valence-corrected chi connectivity index (χ4v) is 3.90. The molecular weight excluding hydrogens is 248 g/mol. The van der Waals surface area contributed by atoms with Crippen molar-refractivity contribution in [3.63, 3.8) is 0 Å². The third-order valence-electron chi connectivity index (χ3n) is 5.00. The van der Waals surface area contributed by atoms with Crippen LogP contribution in [0.2, 0.25) is 0 Å². The topological polar surface area (TPSA) is 33.3 Å². The highest BCUT2D eigenvalue weighted by atomic mass is 16.5. The Balaban J connectivity index is 1.46. The zero-order valence-corrected chi connectivity index (χ0v) is 12.5. The highest BCUT2D eigenvalue weighted by Crippen LogP contribution is 2.36. The third-order valence-corrected chi connectivity index (χ3v) is 5.00. The molecule has 3 rings (SSSR count). The first kappa shape index (κ1) is 13.9. The lowest BCUT2D eigenvalue weighted by molar-refractivity contribution is 0.320. The molecule has 2 atom stereocenters. The summed E-state index contributed by atoms with van der Waals surface area (Å²) in [6.45, 7) is 2.31. The van der Waals surface area contributed by atoms with Gasteiger partial charge in [0, 0.05) is 11.6 Å². The summed E-state index contributed by atoms with van der Waals surface area (Å²) in [6, 6.07) is 9.14. The molecule has 20 heavy (non-hydrogen) atoms. The molecule has 1 saturated heterocycles. The Kier molecular flexibility index (Phi) is 4.27. The van der Waals surface area contributed by atoms with Crippen molar-refractivity contribution in [3.05, 3.63) is 29.8 Å². The molecule has 2 fully saturated rings. The molecule has 0 radical (unpaired) electrons. The fraction of sp³-hybridized carbons (Fsp3) is 0.647. The van der Waals surface area contributed by atoms with Crippen LogP contribution in [-0.2, 0) is 6.42 Å². The summed E-state index contributed by atoms with van der Waals surface area (Å²) < 4.78 is 5.27. The van der Waals surface area contributed by atoms with Crippen LogP contribution in [0.5, 0.6) is 5.75 Å². The molecule has 0 aromatic heterocycles. The Bertz CT molecular complexity index is 436. The number of aryl methyl sites for hydroxylation is 1. The van der Waals surface area contributed by atoms with E-state index in [1.165, 1.54) is 44.2 Å². The van der Waals surface area contributed by atoms with Gasteiger partial charge in [0.15, 0.2) is 0 Å². The van der Waals surface area contributed by atoms with Crippen LogP contribution in [0.15, 0.2) is 24.3 Å². The first-order chi connectivity index (χ1) is 9.82. The summed E-state index contributed by atoms with van der Waals surface area (Å²) in [5, 5.41) is 7.52. The summed E-state index contributed by atoms with van der Waals surface area (Å²) in [5.74, 6) is 0.963. The third kappa shape index (κ3) is 2.84. The van der Waals surface area contributed by atoms with E-state index >= 15 is 0 Å². The van der Waals surface area contributed by atoms with Gasteiger partial charge in [0.2, 0.25) is 0 Å².